The maximum atomic E-state index is 13.0. The number of halogens is 1. The first-order valence-electron chi connectivity index (χ1n) is 9.05. The molecule has 1 atom stereocenters. The minimum atomic E-state index is -0.497. The molecule has 2 aromatic carbocycles. The number of thioether (sulfide) groups is 1. The Kier molecular flexibility index (Phi) is 6.42. The number of hydrogen-bond donors (Lipinski definition) is 0. The van der Waals surface area contributed by atoms with E-state index in [2.05, 4.69) is 0 Å². The highest BCUT2D eigenvalue weighted by Gasteiger charge is 2.26. The van der Waals surface area contributed by atoms with Gasteiger partial charge in [-0.2, -0.15) is 0 Å². The van der Waals surface area contributed by atoms with Gasteiger partial charge in [0.05, 0.1) is 10.9 Å². The SMILES string of the molecule is CCCn1c(S[C@H](C(=O)N(C)C)c2ccccc2)nc2cc(Cl)ccc2c1=O. The van der Waals surface area contributed by atoms with Crippen molar-refractivity contribution in [3.63, 3.8) is 0 Å². The van der Waals surface area contributed by atoms with Gasteiger partial charge < -0.3 is 4.90 Å². The van der Waals surface area contributed by atoms with Crippen molar-refractivity contribution in [3.8, 4) is 0 Å². The summed E-state index contributed by atoms with van der Waals surface area (Å²) in [7, 11) is 3.46. The van der Waals surface area contributed by atoms with Crippen LogP contribution in [0.1, 0.15) is 24.2 Å². The third-order valence-electron chi connectivity index (χ3n) is 4.32. The van der Waals surface area contributed by atoms with Crippen LogP contribution in [0.25, 0.3) is 10.9 Å². The molecular formula is C21H22ClN3O2S. The van der Waals surface area contributed by atoms with E-state index in [1.807, 2.05) is 37.3 Å². The fourth-order valence-electron chi connectivity index (χ4n) is 2.91. The maximum absolute atomic E-state index is 13.0. The summed E-state index contributed by atoms with van der Waals surface area (Å²) >= 11 is 7.40. The monoisotopic (exact) mass is 415 g/mol. The standard InChI is InChI=1S/C21H22ClN3O2S/c1-4-12-25-19(26)16-11-10-15(22)13-17(16)23-21(25)28-18(20(27)24(2)3)14-8-6-5-7-9-14/h5-11,13,18H,4,12H2,1-3H3/t18-/m0/s1. The van der Waals surface area contributed by atoms with Gasteiger partial charge in [0, 0.05) is 25.7 Å². The van der Waals surface area contributed by atoms with E-state index >= 15 is 0 Å². The van der Waals surface area contributed by atoms with Gasteiger partial charge in [0.1, 0.15) is 5.25 Å². The van der Waals surface area contributed by atoms with E-state index in [4.69, 9.17) is 16.6 Å². The molecule has 1 amide bonds. The molecule has 5 nitrogen and oxygen atoms in total. The Morgan fingerprint density at radius 2 is 1.93 bits per heavy atom. The lowest BCUT2D eigenvalue weighted by Crippen LogP contribution is -2.28. The van der Waals surface area contributed by atoms with Crippen LogP contribution in [0.5, 0.6) is 0 Å². The zero-order valence-corrected chi connectivity index (χ0v) is 17.6. The lowest BCUT2D eigenvalue weighted by molar-refractivity contribution is -0.128. The number of nitrogens with zero attached hydrogens (tertiary/aromatic N) is 3. The molecule has 0 saturated heterocycles. The van der Waals surface area contributed by atoms with Gasteiger partial charge in [0.2, 0.25) is 5.91 Å². The van der Waals surface area contributed by atoms with Crippen molar-refractivity contribution >= 4 is 40.2 Å². The highest BCUT2D eigenvalue weighted by atomic mass is 35.5. The number of aromatic nitrogens is 2. The van der Waals surface area contributed by atoms with Crippen molar-refractivity contribution in [2.75, 3.05) is 14.1 Å². The molecule has 0 N–H and O–H groups in total. The van der Waals surface area contributed by atoms with Crippen molar-refractivity contribution in [3.05, 3.63) is 69.5 Å². The number of hydrogen-bond acceptors (Lipinski definition) is 4. The average molecular weight is 416 g/mol. The Morgan fingerprint density at radius 1 is 1.21 bits per heavy atom. The van der Waals surface area contributed by atoms with Crippen molar-refractivity contribution < 1.29 is 4.79 Å². The van der Waals surface area contributed by atoms with Crippen LogP contribution in [0.3, 0.4) is 0 Å². The number of carbonyl (C=O) groups excluding carboxylic acids is 1. The Hall–Kier alpha value is -2.31. The van der Waals surface area contributed by atoms with Gasteiger partial charge in [-0.25, -0.2) is 4.98 Å². The molecule has 28 heavy (non-hydrogen) atoms. The minimum Gasteiger partial charge on any atom is -0.348 e. The predicted molar refractivity (Wildman–Crippen MR) is 115 cm³/mol. The van der Waals surface area contributed by atoms with Crippen molar-refractivity contribution in [1.29, 1.82) is 0 Å². The molecule has 3 aromatic rings. The molecule has 1 aromatic heterocycles. The van der Waals surface area contributed by atoms with Crippen LogP contribution in [0.4, 0.5) is 0 Å². The summed E-state index contributed by atoms with van der Waals surface area (Å²) in [6.07, 6.45) is 0.784. The van der Waals surface area contributed by atoms with Gasteiger partial charge in [-0.3, -0.25) is 14.2 Å². The molecule has 0 fully saturated rings. The summed E-state index contributed by atoms with van der Waals surface area (Å²) in [4.78, 5) is 32.2. The fraction of sp³-hybridized carbons (Fsp3) is 0.286. The van der Waals surface area contributed by atoms with Crippen LogP contribution >= 0.6 is 23.4 Å². The maximum Gasteiger partial charge on any atom is 0.262 e. The van der Waals surface area contributed by atoms with Crippen LogP contribution in [-0.4, -0.2) is 34.5 Å². The highest BCUT2D eigenvalue weighted by molar-refractivity contribution is 8.00. The van der Waals surface area contributed by atoms with Crippen LogP contribution in [0.2, 0.25) is 5.02 Å². The van der Waals surface area contributed by atoms with Crippen LogP contribution < -0.4 is 5.56 Å². The molecule has 0 aliphatic rings. The lowest BCUT2D eigenvalue weighted by atomic mass is 10.1. The minimum absolute atomic E-state index is 0.0558. The summed E-state index contributed by atoms with van der Waals surface area (Å²) in [6.45, 7) is 2.54. The molecule has 0 bridgehead atoms. The largest absolute Gasteiger partial charge is 0.348 e. The number of amides is 1. The van der Waals surface area contributed by atoms with E-state index in [1.54, 1.807) is 41.8 Å². The summed E-state index contributed by atoms with van der Waals surface area (Å²) in [5.74, 6) is -0.0558. The van der Waals surface area contributed by atoms with Gasteiger partial charge in [-0.1, -0.05) is 60.6 Å². The number of likely N-dealkylation sites (N-methyl/N-ethyl adjacent to an activating group) is 1. The van der Waals surface area contributed by atoms with E-state index in [1.165, 1.54) is 11.8 Å². The molecule has 3 rings (SSSR count). The topological polar surface area (TPSA) is 55.2 Å². The summed E-state index contributed by atoms with van der Waals surface area (Å²) in [6, 6.07) is 14.6. The van der Waals surface area contributed by atoms with Gasteiger partial charge in [0.25, 0.3) is 5.56 Å². The molecule has 0 aliphatic heterocycles. The molecule has 1 heterocycles. The Balaban J connectivity index is 2.15. The van der Waals surface area contributed by atoms with Crippen molar-refractivity contribution in [2.24, 2.45) is 0 Å². The quantitative estimate of drug-likeness (QED) is 0.442. The first-order chi connectivity index (χ1) is 13.4. The van der Waals surface area contributed by atoms with Crippen molar-refractivity contribution in [2.45, 2.75) is 30.3 Å². The molecule has 7 heteroatoms. The van der Waals surface area contributed by atoms with Gasteiger partial charge in [-0.05, 0) is 30.2 Å². The molecule has 0 unspecified atom stereocenters. The first-order valence-corrected chi connectivity index (χ1v) is 10.3. The van der Waals surface area contributed by atoms with Crippen LogP contribution in [0.15, 0.2) is 58.5 Å². The normalized spacial score (nSPS) is 12.1. The van der Waals surface area contributed by atoms with E-state index in [0.717, 1.165) is 12.0 Å². The molecule has 0 radical (unpaired) electrons. The second kappa shape index (κ2) is 8.80. The van der Waals surface area contributed by atoms with E-state index in [-0.39, 0.29) is 11.5 Å². The van der Waals surface area contributed by atoms with Gasteiger partial charge >= 0.3 is 0 Å². The third-order valence-corrected chi connectivity index (χ3v) is 5.79. The Labute approximate surface area is 173 Å². The van der Waals surface area contributed by atoms with Crippen LogP contribution in [-0.2, 0) is 11.3 Å². The average Bonchev–Trinajstić information content (AvgIpc) is 2.68. The van der Waals surface area contributed by atoms with E-state index in [0.29, 0.717) is 27.6 Å². The number of benzene rings is 2. The van der Waals surface area contributed by atoms with E-state index < -0.39 is 5.25 Å². The second-order valence-electron chi connectivity index (χ2n) is 6.65. The molecule has 0 saturated carbocycles. The first kappa shape index (κ1) is 20.4. The summed E-state index contributed by atoms with van der Waals surface area (Å²) < 4.78 is 1.65. The fourth-order valence-corrected chi connectivity index (χ4v) is 4.35. The lowest BCUT2D eigenvalue weighted by Gasteiger charge is -2.22. The van der Waals surface area contributed by atoms with E-state index in [9.17, 15) is 9.59 Å². The molecule has 0 aliphatic carbocycles. The molecule has 0 spiro atoms. The number of fused-ring (bicyclic) bond motifs is 1. The third kappa shape index (κ3) is 4.23. The summed E-state index contributed by atoms with van der Waals surface area (Å²) in [5, 5.41) is 1.07. The number of rotatable bonds is 6. The van der Waals surface area contributed by atoms with Gasteiger partial charge in [0.15, 0.2) is 5.16 Å². The highest BCUT2D eigenvalue weighted by Crippen LogP contribution is 2.35. The molecular weight excluding hydrogens is 394 g/mol. The molecule has 146 valence electrons. The predicted octanol–water partition coefficient (Wildman–Crippen LogP) is 4.38. The zero-order chi connectivity index (χ0) is 20.3. The smallest absolute Gasteiger partial charge is 0.262 e. The second-order valence-corrected chi connectivity index (χ2v) is 8.16. The van der Waals surface area contributed by atoms with Gasteiger partial charge in [-0.15, -0.1) is 0 Å². The summed E-state index contributed by atoms with van der Waals surface area (Å²) in [5.41, 5.74) is 1.29. The van der Waals surface area contributed by atoms with Crippen LogP contribution in [0, 0.1) is 0 Å². The zero-order valence-electron chi connectivity index (χ0n) is 16.1. The Bertz CT molecular complexity index is 1050. The number of carbonyl (C=O) groups is 1. The Morgan fingerprint density at radius 3 is 2.57 bits per heavy atom. The van der Waals surface area contributed by atoms with Crippen molar-refractivity contribution in [1.82, 2.24) is 14.5 Å².